The molecule has 0 saturated carbocycles. The molecule has 64 heavy (non-hydrogen) atoms. The van der Waals surface area contributed by atoms with Crippen molar-refractivity contribution in [1.82, 2.24) is 0 Å². The molecular formula is C55H109NO7P+. The fraction of sp³-hybridized carbons (Fsp3) is 0.909. The number of nitrogens with zero attached hydrogens (tertiary/aromatic N) is 1. The van der Waals surface area contributed by atoms with Crippen molar-refractivity contribution in [2.45, 2.75) is 270 Å². The van der Waals surface area contributed by atoms with Crippen LogP contribution in [0, 0.1) is 0 Å². The van der Waals surface area contributed by atoms with E-state index in [9.17, 15) is 14.3 Å². The summed E-state index contributed by atoms with van der Waals surface area (Å²) in [7, 11) is 1.68. The minimum absolute atomic E-state index is 0.0909. The Kier molecular flexibility index (Phi) is 47.7. The summed E-state index contributed by atoms with van der Waals surface area (Å²) in [5.74, 6) is -0.310. The van der Waals surface area contributed by atoms with Crippen LogP contribution >= 0.6 is 7.82 Å². The average Bonchev–Trinajstić information content (AvgIpc) is 3.25. The summed E-state index contributed by atoms with van der Waals surface area (Å²) in [5, 5.41) is 0. The fourth-order valence-electron chi connectivity index (χ4n) is 8.00. The van der Waals surface area contributed by atoms with Gasteiger partial charge in [-0.2, -0.15) is 0 Å². The molecule has 0 aliphatic rings. The van der Waals surface area contributed by atoms with E-state index >= 15 is 0 Å². The monoisotopic (exact) mass is 927 g/mol. The van der Waals surface area contributed by atoms with Gasteiger partial charge in [-0.1, -0.05) is 237 Å². The molecule has 2 unspecified atom stereocenters. The number of hydrogen-bond acceptors (Lipinski definition) is 6. The molecule has 8 nitrogen and oxygen atoms in total. The van der Waals surface area contributed by atoms with Crippen LogP contribution in [0.4, 0.5) is 0 Å². The van der Waals surface area contributed by atoms with Gasteiger partial charge in [-0.25, -0.2) is 4.57 Å². The lowest BCUT2D eigenvalue weighted by molar-refractivity contribution is -0.870. The second-order valence-electron chi connectivity index (χ2n) is 20.0. The minimum atomic E-state index is -4.28. The average molecular weight is 927 g/mol. The van der Waals surface area contributed by atoms with Crippen LogP contribution in [0.25, 0.3) is 0 Å². The van der Waals surface area contributed by atoms with Crippen molar-refractivity contribution in [2.24, 2.45) is 0 Å². The van der Waals surface area contributed by atoms with Crippen molar-refractivity contribution in [3.8, 4) is 0 Å². The Balaban J connectivity index is 4.07. The van der Waals surface area contributed by atoms with Crippen molar-refractivity contribution in [2.75, 3.05) is 54.1 Å². The number of allylic oxidation sites excluding steroid dienone is 4. The summed E-state index contributed by atoms with van der Waals surface area (Å²) in [4.78, 5) is 23.0. The molecule has 0 fully saturated rings. The lowest BCUT2D eigenvalue weighted by atomic mass is 10.0. The quantitative estimate of drug-likeness (QED) is 0.0214. The zero-order chi connectivity index (χ0) is 46.9. The molecule has 380 valence electrons. The van der Waals surface area contributed by atoms with Crippen molar-refractivity contribution in [1.29, 1.82) is 0 Å². The predicted octanol–water partition coefficient (Wildman–Crippen LogP) is 17.1. The van der Waals surface area contributed by atoms with Crippen LogP contribution in [-0.4, -0.2) is 75.6 Å². The van der Waals surface area contributed by atoms with Gasteiger partial charge in [0.25, 0.3) is 0 Å². The Bertz CT molecular complexity index is 1080. The summed E-state index contributed by atoms with van der Waals surface area (Å²) < 4.78 is 35.2. The normalized spacial score (nSPS) is 13.7. The van der Waals surface area contributed by atoms with Gasteiger partial charge in [0.15, 0.2) is 0 Å². The molecule has 0 aromatic rings. The molecule has 0 rings (SSSR count). The molecule has 0 heterocycles. The number of carbonyl (C=O) groups excluding carboxylic acids is 1. The molecule has 0 spiro atoms. The maximum atomic E-state index is 12.8. The molecule has 2 atom stereocenters. The van der Waals surface area contributed by atoms with Crippen molar-refractivity contribution in [3.63, 3.8) is 0 Å². The maximum Gasteiger partial charge on any atom is 0.472 e. The summed E-state index contributed by atoms with van der Waals surface area (Å²) in [6, 6.07) is 0. The van der Waals surface area contributed by atoms with Gasteiger partial charge in [0.2, 0.25) is 0 Å². The molecule has 9 heteroatoms. The third-order valence-electron chi connectivity index (χ3n) is 12.3. The minimum Gasteiger partial charge on any atom is -0.457 e. The molecule has 0 aromatic carbocycles. The molecule has 0 aromatic heterocycles. The molecule has 0 radical (unpaired) electrons. The van der Waals surface area contributed by atoms with Gasteiger partial charge in [0.05, 0.1) is 34.4 Å². The topological polar surface area (TPSA) is 91.3 Å². The third kappa shape index (κ3) is 52.0. The molecule has 0 aliphatic heterocycles. The van der Waals surface area contributed by atoms with Gasteiger partial charge < -0.3 is 18.9 Å². The van der Waals surface area contributed by atoms with Crippen LogP contribution in [0.3, 0.4) is 0 Å². The van der Waals surface area contributed by atoms with E-state index in [-0.39, 0.29) is 25.8 Å². The lowest BCUT2D eigenvalue weighted by Crippen LogP contribution is -2.37. The summed E-state index contributed by atoms with van der Waals surface area (Å²) in [5.41, 5.74) is 0. The summed E-state index contributed by atoms with van der Waals surface area (Å²) >= 11 is 0. The van der Waals surface area contributed by atoms with Gasteiger partial charge in [-0.05, 0) is 44.9 Å². The molecule has 0 amide bonds. The molecule has 0 saturated heterocycles. The first-order valence-electron chi connectivity index (χ1n) is 27.6. The third-order valence-corrected chi connectivity index (χ3v) is 13.2. The van der Waals surface area contributed by atoms with Crippen LogP contribution in [0.2, 0.25) is 0 Å². The van der Waals surface area contributed by atoms with Crippen LogP contribution in [0.5, 0.6) is 0 Å². The number of esters is 1. The number of phosphoric ester groups is 1. The maximum absolute atomic E-state index is 12.8. The number of phosphoric acid groups is 1. The Labute approximate surface area is 398 Å². The Morgan fingerprint density at radius 3 is 1.27 bits per heavy atom. The smallest absolute Gasteiger partial charge is 0.457 e. The first-order chi connectivity index (χ1) is 31.1. The first kappa shape index (κ1) is 63.0. The van der Waals surface area contributed by atoms with E-state index in [1.54, 1.807) is 0 Å². The van der Waals surface area contributed by atoms with Crippen LogP contribution < -0.4 is 0 Å². The van der Waals surface area contributed by atoms with Gasteiger partial charge in [-0.3, -0.25) is 13.8 Å². The summed E-state index contributed by atoms with van der Waals surface area (Å²) in [6.07, 6.45) is 58.0. The summed E-state index contributed by atoms with van der Waals surface area (Å²) in [6.45, 7) is 5.67. The SMILES string of the molecule is CCCCCCC/C=C\C/C=C\CCCCCCCCCCCCCC(=O)OC(COCCCCCCCCCCCCCCCCCCCCC)COP(=O)(O)OCC[N+](C)(C)C. The van der Waals surface area contributed by atoms with Gasteiger partial charge in [0, 0.05) is 13.0 Å². The molecular weight excluding hydrogens is 818 g/mol. The highest BCUT2D eigenvalue weighted by atomic mass is 31.2. The van der Waals surface area contributed by atoms with E-state index in [0.717, 1.165) is 38.5 Å². The van der Waals surface area contributed by atoms with Gasteiger partial charge >= 0.3 is 13.8 Å². The molecule has 1 N–H and O–H groups in total. The van der Waals surface area contributed by atoms with Crippen molar-refractivity contribution >= 4 is 13.8 Å². The zero-order valence-corrected chi connectivity index (χ0v) is 44.2. The molecule has 0 aliphatic carbocycles. The van der Waals surface area contributed by atoms with E-state index in [0.29, 0.717) is 24.1 Å². The lowest BCUT2D eigenvalue weighted by Gasteiger charge is -2.24. The Morgan fingerprint density at radius 2 is 0.859 bits per heavy atom. The molecule has 0 bridgehead atoms. The first-order valence-corrected chi connectivity index (χ1v) is 29.1. The van der Waals surface area contributed by atoms with Gasteiger partial charge in [-0.15, -0.1) is 0 Å². The Morgan fingerprint density at radius 1 is 0.484 bits per heavy atom. The van der Waals surface area contributed by atoms with Crippen molar-refractivity contribution in [3.05, 3.63) is 24.3 Å². The highest BCUT2D eigenvalue weighted by molar-refractivity contribution is 7.47. The van der Waals surface area contributed by atoms with Gasteiger partial charge in [0.1, 0.15) is 19.3 Å². The van der Waals surface area contributed by atoms with E-state index in [1.807, 2.05) is 21.1 Å². The van der Waals surface area contributed by atoms with E-state index in [2.05, 4.69) is 38.2 Å². The largest absolute Gasteiger partial charge is 0.472 e. The van der Waals surface area contributed by atoms with E-state index in [1.165, 1.54) is 205 Å². The fourth-order valence-corrected chi connectivity index (χ4v) is 8.74. The second kappa shape index (κ2) is 48.4. The number of ether oxygens (including phenoxy) is 2. The number of carbonyl (C=O) groups is 1. The zero-order valence-electron chi connectivity index (χ0n) is 43.3. The predicted molar refractivity (Wildman–Crippen MR) is 275 cm³/mol. The van der Waals surface area contributed by atoms with Crippen LogP contribution in [-0.2, 0) is 27.9 Å². The van der Waals surface area contributed by atoms with E-state index < -0.39 is 13.9 Å². The number of unbranched alkanes of at least 4 members (excludes halogenated alkanes) is 34. The number of quaternary nitrogens is 1. The number of likely N-dealkylation sites (N-methyl/N-ethyl adjacent to an activating group) is 1. The second-order valence-corrected chi connectivity index (χ2v) is 21.4. The van der Waals surface area contributed by atoms with Crippen LogP contribution in [0.1, 0.15) is 264 Å². The Hall–Kier alpha value is -1.02. The number of rotatable bonds is 52. The number of hydrogen-bond donors (Lipinski definition) is 1. The van der Waals surface area contributed by atoms with Crippen molar-refractivity contribution < 1.29 is 37.3 Å². The highest BCUT2D eigenvalue weighted by Gasteiger charge is 2.26. The van der Waals surface area contributed by atoms with E-state index in [4.69, 9.17) is 18.5 Å². The standard InChI is InChI=1S/C55H108NO7P/c1-6-8-10-12-14-16-18-20-22-24-26-27-28-29-30-32-34-36-38-40-42-44-46-48-55(57)63-54(53-62-64(58,59)61-51-49-56(3,4)5)52-60-50-47-45-43-41-39-37-35-33-31-25-23-21-19-17-15-13-11-9-7-2/h18,20,24,26,54H,6-17,19,21-23,25,27-53H2,1-5H3/p+1/b20-18-,26-24-. The van der Waals surface area contributed by atoms with Crippen LogP contribution in [0.15, 0.2) is 24.3 Å². The highest BCUT2D eigenvalue weighted by Crippen LogP contribution is 2.43.